The Bertz CT molecular complexity index is 480. The van der Waals surface area contributed by atoms with Crippen LogP contribution in [-0.4, -0.2) is 11.9 Å². The zero-order valence-electron chi connectivity index (χ0n) is 11.2. The SMILES string of the molecule is Cc1ccc(C(=O)N[C@H]2C[C@@H]3CC[C@@H]2C3)cc1C. The first-order chi connectivity index (χ1) is 8.63. The van der Waals surface area contributed by atoms with Crippen molar-refractivity contribution >= 4 is 5.91 Å². The Morgan fingerprint density at radius 1 is 1.17 bits per heavy atom. The summed E-state index contributed by atoms with van der Waals surface area (Å²) in [6, 6.07) is 6.39. The molecular weight excluding hydrogens is 222 g/mol. The number of carbonyl (C=O) groups excluding carboxylic acids is 1. The van der Waals surface area contributed by atoms with E-state index in [9.17, 15) is 4.79 Å². The third kappa shape index (κ3) is 2.05. The third-order valence-electron chi connectivity index (χ3n) is 4.82. The molecule has 2 fully saturated rings. The fourth-order valence-electron chi connectivity index (χ4n) is 3.56. The topological polar surface area (TPSA) is 29.1 Å². The Balaban J connectivity index is 1.69. The highest BCUT2D eigenvalue weighted by atomic mass is 16.1. The molecule has 2 nitrogen and oxygen atoms in total. The maximum Gasteiger partial charge on any atom is 0.251 e. The molecule has 96 valence electrons. The summed E-state index contributed by atoms with van der Waals surface area (Å²) in [5, 5.41) is 3.23. The van der Waals surface area contributed by atoms with Crippen molar-refractivity contribution in [3.8, 4) is 0 Å². The van der Waals surface area contributed by atoms with E-state index in [-0.39, 0.29) is 5.91 Å². The first kappa shape index (κ1) is 11.8. The maximum atomic E-state index is 12.2. The zero-order valence-corrected chi connectivity index (χ0v) is 11.2. The highest BCUT2D eigenvalue weighted by Crippen LogP contribution is 2.44. The number of fused-ring (bicyclic) bond motifs is 2. The minimum absolute atomic E-state index is 0.107. The number of hydrogen-bond acceptors (Lipinski definition) is 1. The number of rotatable bonds is 2. The molecule has 1 aromatic carbocycles. The van der Waals surface area contributed by atoms with Crippen molar-refractivity contribution in [2.24, 2.45) is 11.8 Å². The standard InChI is InChI=1S/C16H21NO/c1-10-3-5-14(7-11(10)2)16(18)17-15-9-12-4-6-13(15)8-12/h3,5,7,12-13,15H,4,6,8-9H2,1-2H3,(H,17,18)/t12-,13-,15+/m1/s1. The second-order valence-electron chi connectivity index (χ2n) is 6.05. The van der Waals surface area contributed by atoms with Crippen LogP contribution in [0.5, 0.6) is 0 Å². The van der Waals surface area contributed by atoms with Crippen LogP contribution in [0.25, 0.3) is 0 Å². The number of nitrogens with one attached hydrogen (secondary N) is 1. The second-order valence-corrected chi connectivity index (χ2v) is 6.05. The summed E-state index contributed by atoms with van der Waals surface area (Å²) in [6.07, 6.45) is 5.21. The Kier molecular flexibility index (Phi) is 2.89. The maximum absolute atomic E-state index is 12.2. The molecule has 3 rings (SSSR count). The van der Waals surface area contributed by atoms with E-state index < -0.39 is 0 Å². The predicted octanol–water partition coefficient (Wildman–Crippen LogP) is 3.22. The van der Waals surface area contributed by atoms with Crippen LogP contribution in [-0.2, 0) is 0 Å². The first-order valence-corrected chi connectivity index (χ1v) is 7.01. The quantitative estimate of drug-likeness (QED) is 0.849. The average molecular weight is 243 g/mol. The van der Waals surface area contributed by atoms with Gasteiger partial charge in [0.25, 0.3) is 5.91 Å². The van der Waals surface area contributed by atoms with Crippen LogP contribution in [0, 0.1) is 25.7 Å². The molecule has 0 unspecified atom stereocenters. The molecule has 2 aliphatic rings. The van der Waals surface area contributed by atoms with E-state index in [1.165, 1.54) is 36.8 Å². The van der Waals surface area contributed by atoms with Gasteiger partial charge in [0.15, 0.2) is 0 Å². The molecule has 0 spiro atoms. The van der Waals surface area contributed by atoms with E-state index in [1.807, 2.05) is 18.2 Å². The lowest BCUT2D eigenvalue weighted by molar-refractivity contribution is 0.0923. The smallest absolute Gasteiger partial charge is 0.251 e. The van der Waals surface area contributed by atoms with E-state index in [0.29, 0.717) is 6.04 Å². The van der Waals surface area contributed by atoms with Crippen LogP contribution in [0.4, 0.5) is 0 Å². The highest BCUT2D eigenvalue weighted by Gasteiger charge is 2.40. The zero-order chi connectivity index (χ0) is 12.7. The molecule has 0 saturated heterocycles. The summed E-state index contributed by atoms with van der Waals surface area (Å²) in [5.41, 5.74) is 3.24. The third-order valence-corrected chi connectivity index (χ3v) is 4.82. The summed E-state index contributed by atoms with van der Waals surface area (Å²) in [4.78, 5) is 12.2. The molecule has 0 aliphatic heterocycles. The van der Waals surface area contributed by atoms with Gasteiger partial charge < -0.3 is 5.32 Å². The number of aryl methyl sites for hydroxylation is 2. The monoisotopic (exact) mass is 243 g/mol. The van der Waals surface area contributed by atoms with Crippen molar-refractivity contribution in [2.45, 2.75) is 45.6 Å². The number of hydrogen-bond donors (Lipinski definition) is 1. The molecule has 2 heteroatoms. The van der Waals surface area contributed by atoms with Crippen LogP contribution >= 0.6 is 0 Å². The molecule has 0 heterocycles. The van der Waals surface area contributed by atoms with Gasteiger partial charge in [0.2, 0.25) is 0 Å². The van der Waals surface area contributed by atoms with Gasteiger partial charge in [0.1, 0.15) is 0 Å². The van der Waals surface area contributed by atoms with Gasteiger partial charge in [-0.15, -0.1) is 0 Å². The fourth-order valence-corrected chi connectivity index (χ4v) is 3.56. The van der Waals surface area contributed by atoms with Crippen LogP contribution in [0.2, 0.25) is 0 Å². The van der Waals surface area contributed by atoms with Gasteiger partial charge in [0.05, 0.1) is 0 Å². The van der Waals surface area contributed by atoms with Crippen LogP contribution in [0.1, 0.15) is 47.2 Å². The van der Waals surface area contributed by atoms with E-state index >= 15 is 0 Å². The Morgan fingerprint density at radius 3 is 2.61 bits per heavy atom. The summed E-state index contributed by atoms with van der Waals surface area (Å²) in [5.74, 6) is 1.72. The molecule has 0 radical (unpaired) electrons. The summed E-state index contributed by atoms with van der Waals surface area (Å²) in [7, 11) is 0. The lowest BCUT2D eigenvalue weighted by Gasteiger charge is -2.23. The van der Waals surface area contributed by atoms with Crippen LogP contribution in [0.15, 0.2) is 18.2 Å². The van der Waals surface area contributed by atoms with Crippen molar-refractivity contribution in [1.29, 1.82) is 0 Å². The van der Waals surface area contributed by atoms with E-state index in [4.69, 9.17) is 0 Å². The Labute approximate surface area is 109 Å². The molecule has 1 N–H and O–H groups in total. The van der Waals surface area contributed by atoms with E-state index in [2.05, 4.69) is 19.2 Å². The number of benzene rings is 1. The van der Waals surface area contributed by atoms with Gasteiger partial charge in [-0.25, -0.2) is 0 Å². The van der Waals surface area contributed by atoms with Gasteiger partial charge in [-0.3, -0.25) is 4.79 Å². The number of amides is 1. The molecule has 0 aromatic heterocycles. The normalized spacial score (nSPS) is 29.6. The summed E-state index contributed by atoms with van der Waals surface area (Å²) in [6.45, 7) is 4.14. The average Bonchev–Trinajstić information content (AvgIpc) is 2.94. The molecular formula is C16H21NO. The molecule has 2 bridgehead atoms. The minimum atomic E-state index is 0.107. The predicted molar refractivity (Wildman–Crippen MR) is 72.6 cm³/mol. The Hall–Kier alpha value is -1.31. The van der Waals surface area contributed by atoms with Gasteiger partial charge in [-0.2, -0.15) is 0 Å². The molecule has 1 aromatic rings. The van der Waals surface area contributed by atoms with E-state index in [1.54, 1.807) is 0 Å². The van der Waals surface area contributed by atoms with Crippen LogP contribution in [0.3, 0.4) is 0 Å². The lowest BCUT2D eigenvalue weighted by Crippen LogP contribution is -2.38. The largest absolute Gasteiger partial charge is 0.349 e. The number of carbonyl (C=O) groups is 1. The summed E-state index contributed by atoms with van der Waals surface area (Å²) < 4.78 is 0. The van der Waals surface area contributed by atoms with Crippen molar-refractivity contribution in [2.75, 3.05) is 0 Å². The summed E-state index contributed by atoms with van der Waals surface area (Å²) >= 11 is 0. The van der Waals surface area contributed by atoms with Gasteiger partial charge in [-0.05, 0) is 68.2 Å². The molecule has 1 amide bonds. The Morgan fingerprint density at radius 2 is 2.00 bits per heavy atom. The highest BCUT2D eigenvalue weighted by molar-refractivity contribution is 5.94. The molecule has 3 atom stereocenters. The molecule has 18 heavy (non-hydrogen) atoms. The minimum Gasteiger partial charge on any atom is -0.349 e. The molecule has 2 saturated carbocycles. The fraction of sp³-hybridized carbons (Fsp3) is 0.562. The van der Waals surface area contributed by atoms with Gasteiger partial charge >= 0.3 is 0 Å². The van der Waals surface area contributed by atoms with Crippen LogP contribution < -0.4 is 5.32 Å². The van der Waals surface area contributed by atoms with Crippen molar-refractivity contribution < 1.29 is 4.79 Å². The van der Waals surface area contributed by atoms with Gasteiger partial charge in [-0.1, -0.05) is 12.5 Å². The lowest BCUT2D eigenvalue weighted by atomic mass is 9.95. The molecule has 2 aliphatic carbocycles. The van der Waals surface area contributed by atoms with Gasteiger partial charge in [0, 0.05) is 11.6 Å². The van der Waals surface area contributed by atoms with Crippen molar-refractivity contribution in [3.63, 3.8) is 0 Å². The van der Waals surface area contributed by atoms with Crippen molar-refractivity contribution in [3.05, 3.63) is 34.9 Å². The second kappa shape index (κ2) is 4.42. The van der Waals surface area contributed by atoms with E-state index in [0.717, 1.165) is 17.4 Å². The first-order valence-electron chi connectivity index (χ1n) is 7.01. The van der Waals surface area contributed by atoms with Crippen molar-refractivity contribution in [1.82, 2.24) is 5.32 Å².